The molecule has 4 atom stereocenters. The van der Waals surface area contributed by atoms with E-state index >= 15 is 0 Å². The lowest BCUT2D eigenvalue weighted by Crippen LogP contribution is -2.58. The van der Waals surface area contributed by atoms with E-state index in [0.717, 1.165) is 0 Å². The van der Waals surface area contributed by atoms with Gasteiger partial charge >= 0.3 is 11.9 Å². The first-order valence-corrected chi connectivity index (χ1v) is 10.4. The number of carbonyl (C=O) groups excluding carboxylic acids is 4. The first kappa shape index (κ1) is 29.1. The average Bonchev–Trinajstić information content (AvgIpc) is 2.67. The molecule has 0 saturated heterocycles. The molecule has 0 rings (SSSR count). The number of carboxylic acid groups (broad SMARTS) is 2. The van der Waals surface area contributed by atoms with Crippen molar-refractivity contribution < 1.29 is 39.0 Å². The zero-order valence-corrected chi connectivity index (χ0v) is 18.8. The summed E-state index contributed by atoms with van der Waals surface area (Å²) in [5, 5.41) is 24.8. The summed E-state index contributed by atoms with van der Waals surface area (Å²) in [6, 6.07) is -5.09. The van der Waals surface area contributed by atoms with Crippen LogP contribution in [0.15, 0.2) is 0 Å². The molecule has 0 aliphatic heterocycles. The molecule has 32 heavy (non-hydrogen) atoms. The lowest BCUT2D eigenvalue weighted by molar-refractivity contribution is -0.144. The number of thiol groups is 1. The second kappa shape index (κ2) is 14.2. The summed E-state index contributed by atoms with van der Waals surface area (Å²) in [6.45, 7) is 3.54. The van der Waals surface area contributed by atoms with Crippen molar-refractivity contribution in [3.63, 3.8) is 0 Å². The quantitative estimate of drug-likeness (QED) is 0.117. The molecule has 0 spiro atoms. The van der Waals surface area contributed by atoms with Crippen LogP contribution in [0, 0.1) is 5.92 Å². The van der Waals surface area contributed by atoms with E-state index in [1.165, 1.54) is 0 Å². The highest BCUT2D eigenvalue weighted by atomic mass is 32.1. The van der Waals surface area contributed by atoms with Crippen molar-refractivity contribution in [2.45, 2.75) is 63.7 Å². The van der Waals surface area contributed by atoms with Gasteiger partial charge in [0.15, 0.2) is 0 Å². The molecule has 4 amide bonds. The van der Waals surface area contributed by atoms with E-state index < -0.39 is 66.2 Å². The van der Waals surface area contributed by atoms with Gasteiger partial charge in [-0.15, -0.1) is 0 Å². The van der Waals surface area contributed by atoms with E-state index in [2.05, 4.69) is 28.6 Å². The van der Waals surface area contributed by atoms with Gasteiger partial charge in [-0.3, -0.25) is 24.0 Å². The first-order chi connectivity index (χ1) is 14.8. The monoisotopic (exact) mass is 477 g/mol. The van der Waals surface area contributed by atoms with E-state index in [0.29, 0.717) is 0 Å². The number of amides is 4. The molecular formula is C18H31N5O8S. The SMILES string of the molecule is CC(C)CC(NC(=O)C(CS)NC(=O)C(N)CCC(=O)O)C(=O)NC(CC(N)=O)C(=O)O. The molecule has 182 valence electrons. The molecule has 0 heterocycles. The Morgan fingerprint density at radius 1 is 0.875 bits per heavy atom. The first-order valence-electron chi connectivity index (χ1n) is 9.78. The minimum atomic E-state index is -1.57. The summed E-state index contributed by atoms with van der Waals surface area (Å²) in [5.41, 5.74) is 10.6. The molecule has 0 radical (unpaired) electrons. The summed E-state index contributed by atoms with van der Waals surface area (Å²) < 4.78 is 0. The Kier molecular flexibility index (Phi) is 13.0. The Hall–Kier alpha value is -2.87. The largest absolute Gasteiger partial charge is 0.481 e. The van der Waals surface area contributed by atoms with Crippen molar-refractivity contribution in [2.75, 3.05) is 5.75 Å². The van der Waals surface area contributed by atoms with Gasteiger partial charge in [-0.2, -0.15) is 12.6 Å². The Labute approximate surface area is 190 Å². The number of hydrogen-bond acceptors (Lipinski definition) is 8. The van der Waals surface area contributed by atoms with Gasteiger partial charge in [-0.25, -0.2) is 4.79 Å². The number of nitrogens with one attached hydrogen (secondary N) is 3. The molecule has 9 N–H and O–H groups in total. The maximum Gasteiger partial charge on any atom is 0.326 e. The van der Waals surface area contributed by atoms with Gasteiger partial charge in [0.25, 0.3) is 0 Å². The number of hydrogen-bond donors (Lipinski definition) is 8. The van der Waals surface area contributed by atoms with Gasteiger partial charge in [-0.05, 0) is 18.8 Å². The average molecular weight is 478 g/mol. The second-order valence-corrected chi connectivity index (χ2v) is 7.91. The van der Waals surface area contributed by atoms with Gasteiger partial charge in [0, 0.05) is 12.2 Å². The van der Waals surface area contributed by atoms with E-state index in [9.17, 15) is 28.8 Å². The highest BCUT2D eigenvalue weighted by molar-refractivity contribution is 7.80. The van der Waals surface area contributed by atoms with E-state index in [1.54, 1.807) is 13.8 Å². The standard InChI is InChI=1S/C18H31N5O8S/c1-8(2)5-10(16(28)22-11(18(30)31)6-13(20)24)21-17(29)12(7-32)23-15(27)9(19)3-4-14(25)26/h8-12,32H,3-7,19H2,1-2H3,(H2,20,24)(H,21,29)(H,22,28)(H,23,27)(H,25,26)(H,30,31). The third-order valence-electron chi connectivity index (χ3n) is 4.18. The number of carbonyl (C=O) groups is 6. The topological polar surface area (TPSA) is 231 Å². The third-order valence-corrected chi connectivity index (χ3v) is 4.55. The van der Waals surface area contributed by atoms with Crippen LogP contribution in [0.1, 0.15) is 39.5 Å². The second-order valence-electron chi connectivity index (χ2n) is 7.54. The van der Waals surface area contributed by atoms with Gasteiger partial charge in [0.05, 0.1) is 12.5 Å². The fraction of sp³-hybridized carbons (Fsp3) is 0.667. The van der Waals surface area contributed by atoms with Crippen molar-refractivity contribution >= 4 is 48.2 Å². The molecule has 0 aromatic carbocycles. The van der Waals surface area contributed by atoms with Crippen LogP contribution in [-0.2, 0) is 28.8 Å². The van der Waals surface area contributed by atoms with Crippen LogP contribution in [0.25, 0.3) is 0 Å². The van der Waals surface area contributed by atoms with Crippen molar-refractivity contribution in [3.05, 3.63) is 0 Å². The molecule has 0 saturated carbocycles. The lowest BCUT2D eigenvalue weighted by Gasteiger charge is -2.25. The Morgan fingerprint density at radius 3 is 1.81 bits per heavy atom. The summed E-state index contributed by atoms with van der Waals surface area (Å²) in [7, 11) is 0. The van der Waals surface area contributed by atoms with Crippen LogP contribution >= 0.6 is 12.6 Å². The summed E-state index contributed by atoms with van der Waals surface area (Å²) in [5.74, 6) is -6.16. The minimum Gasteiger partial charge on any atom is -0.481 e. The molecule has 0 aliphatic rings. The number of nitrogens with two attached hydrogens (primary N) is 2. The van der Waals surface area contributed by atoms with Crippen LogP contribution in [0.2, 0.25) is 0 Å². The predicted octanol–water partition coefficient (Wildman–Crippen LogP) is -2.43. The van der Waals surface area contributed by atoms with Gasteiger partial charge in [0.2, 0.25) is 23.6 Å². The molecule has 0 aliphatic carbocycles. The smallest absolute Gasteiger partial charge is 0.326 e. The third kappa shape index (κ3) is 11.5. The maximum atomic E-state index is 12.6. The molecule has 4 unspecified atom stereocenters. The van der Waals surface area contributed by atoms with Crippen LogP contribution in [-0.4, -0.2) is 75.7 Å². The van der Waals surface area contributed by atoms with Gasteiger partial charge in [-0.1, -0.05) is 13.8 Å². The number of aliphatic carboxylic acids is 2. The number of primary amides is 1. The van der Waals surface area contributed by atoms with Crippen LogP contribution in [0.5, 0.6) is 0 Å². The maximum absolute atomic E-state index is 12.6. The van der Waals surface area contributed by atoms with Crippen molar-refractivity contribution in [3.8, 4) is 0 Å². The highest BCUT2D eigenvalue weighted by Gasteiger charge is 2.30. The zero-order valence-electron chi connectivity index (χ0n) is 17.9. The van der Waals surface area contributed by atoms with Crippen molar-refractivity contribution in [1.29, 1.82) is 0 Å². The Balaban J connectivity index is 5.25. The predicted molar refractivity (Wildman–Crippen MR) is 115 cm³/mol. The summed E-state index contributed by atoms with van der Waals surface area (Å²) in [4.78, 5) is 70.2. The molecule has 0 fully saturated rings. The Morgan fingerprint density at radius 2 is 1.38 bits per heavy atom. The van der Waals surface area contributed by atoms with Gasteiger partial charge in [0.1, 0.15) is 18.1 Å². The van der Waals surface area contributed by atoms with Gasteiger partial charge < -0.3 is 37.6 Å². The highest BCUT2D eigenvalue weighted by Crippen LogP contribution is 2.07. The number of carboxylic acids is 2. The molecular weight excluding hydrogens is 446 g/mol. The van der Waals surface area contributed by atoms with Crippen LogP contribution in [0.4, 0.5) is 0 Å². The molecule has 14 heteroatoms. The van der Waals surface area contributed by atoms with Crippen molar-refractivity contribution in [1.82, 2.24) is 16.0 Å². The zero-order chi connectivity index (χ0) is 25.0. The Bertz CT molecular complexity index is 717. The summed E-state index contributed by atoms with van der Waals surface area (Å²) in [6.07, 6.45) is -0.977. The lowest BCUT2D eigenvalue weighted by atomic mass is 10.0. The molecule has 0 aromatic rings. The minimum absolute atomic E-state index is 0.0843. The number of rotatable bonds is 15. The van der Waals surface area contributed by atoms with E-state index in [-0.39, 0.29) is 30.9 Å². The summed E-state index contributed by atoms with van der Waals surface area (Å²) >= 11 is 4.01. The normalized spacial score (nSPS) is 14.5. The molecule has 0 aromatic heterocycles. The van der Waals surface area contributed by atoms with E-state index in [4.69, 9.17) is 21.7 Å². The van der Waals surface area contributed by atoms with Crippen LogP contribution in [0.3, 0.4) is 0 Å². The van der Waals surface area contributed by atoms with Crippen molar-refractivity contribution in [2.24, 2.45) is 17.4 Å². The fourth-order valence-corrected chi connectivity index (χ4v) is 2.79. The molecule has 0 bridgehead atoms. The van der Waals surface area contributed by atoms with E-state index in [1.807, 2.05) is 0 Å². The molecule has 13 nitrogen and oxygen atoms in total. The fourth-order valence-electron chi connectivity index (χ4n) is 2.53. The van der Waals surface area contributed by atoms with Crippen LogP contribution < -0.4 is 27.4 Å².